The molecule has 0 spiro atoms. The van der Waals surface area contributed by atoms with Crippen molar-refractivity contribution in [3.8, 4) is 0 Å². The molecule has 0 saturated heterocycles. The van der Waals surface area contributed by atoms with Crippen LogP contribution in [0.25, 0.3) is 0 Å². The Morgan fingerprint density at radius 2 is 1.91 bits per heavy atom. The van der Waals surface area contributed by atoms with E-state index in [2.05, 4.69) is 10.6 Å². The first-order chi connectivity index (χ1) is 10.2. The van der Waals surface area contributed by atoms with Crippen LogP contribution in [0.15, 0.2) is 24.3 Å². The summed E-state index contributed by atoms with van der Waals surface area (Å²) in [6.07, 6.45) is -5.58. The van der Waals surface area contributed by atoms with E-state index in [0.717, 1.165) is 0 Å². The van der Waals surface area contributed by atoms with Crippen molar-refractivity contribution in [2.24, 2.45) is 5.92 Å². The number of rotatable bonds is 6. The Balaban J connectivity index is 2.54. The number of aliphatic hydroxyl groups excluding tert-OH is 1. The summed E-state index contributed by atoms with van der Waals surface area (Å²) < 4.78 is 37.4. The normalized spacial score (nSPS) is 13.0. The summed E-state index contributed by atoms with van der Waals surface area (Å²) in [5.74, 6) is 0.0809. The largest absolute Gasteiger partial charge is 0.393 e. The number of aliphatic hydroxyl groups is 1. The van der Waals surface area contributed by atoms with Gasteiger partial charge in [-0.2, -0.15) is 13.2 Å². The third-order valence-electron chi connectivity index (χ3n) is 3.15. The first-order valence-corrected chi connectivity index (χ1v) is 7.06. The van der Waals surface area contributed by atoms with Crippen LogP contribution >= 0.6 is 0 Å². The van der Waals surface area contributed by atoms with Crippen LogP contribution < -0.4 is 10.6 Å². The Morgan fingerprint density at radius 1 is 1.27 bits per heavy atom. The van der Waals surface area contributed by atoms with Crippen LogP contribution in [-0.4, -0.2) is 30.0 Å². The number of amides is 2. The van der Waals surface area contributed by atoms with Gasteiger partial charge in [-0.05, 0) is 24.0 Å². The van der Waals surface area contributed by atoms with E-state index in [4.69, 9.17) is 0 Å². The second-order valence-corrected chi connectivity index (χ2v) is 5.43. The van der Waals surface area contributed by atoms with Crippen molar-refractivity contribution in [3.63, 3.8) is 0 Å². The van der Waals surface area contributed by atoms with Crippen molar-refractivity contribution in [1.82, 2.24) is 5.32 Å². The molecule has 1 rings (SSSR count). The van der Waals surface area contributed by atoms with Gasteiger partial charge in [0, 0.05) is 12.2 Å². The number of nitrogens with one attached hydrogen (secondary N) is 2. The average Bonchev–Trinajstić information content (AvgIpc) is 2.39. The number of para-hydroxylation sites is 1. The SMILES string of the molecule is CC(C)C(O)CCNC(=O)Nc1ccccc1CC(F)(F)F. The quantitative estimate of drug-likeness (QED) is 0.753. The van der Waals surface area contributed by atoms with Gasteiger partial charge < -0.3 is 15.7 Å². The van der Waals surface area contributed by atoms with E-state index in [9.17, 15) is 23.1 Å². The molecule has 0 aromatic heterocycles. The zero-order chi connectivity index (χ0) is 16.8. The molecule has 0 aliphatic heterocycles. The fourth-order valence-electron chi connectivity index (χ4n) is 1.85. The number of benzene rings is 1. The topological polar surface area (TPSA) is 61.4 Å². The second kappa shape index (κ2) is 8.03. The maximum Gasteiger partial charge on any atom is 0.393 e. The molecule has 7 heteroatoms. The Hall–Kier alpha value is -1.76. The molecule has 1 aromatic rings. The van der Waals surface area contributed by atoms with E-state index >= 15 is 0 Å². The highest BCUT2D eigenvalue weighted by molar-refractivity contribution is 5.90. The van der Waals surface area contributed by atoms with E-state index in [1.165, 1.54) is 18.2 Å². The highest BCUT2D eigenvalue weighted by Gasteiger charge is 2.28. The summed E-state index contributed by atoms with van der Waals surface area (Å²) in [7, 11) is 0. The highest BCUT2D eigenvalue weighted by atomic mass is 19.4. The first kappa shape index (κ1) is 18.3. The third kappa shape index (κ3) is 6.80. The zero-order valence-corrected chi connectivity index (χ0v) is 12.6. The van der Waals surface area contributed by atoms with Gasteiger partial charge >= 0.3 is 12.2 Å². The highest BCUT2D eigenvalue weighted by Crippen LogP contribution is 2.25. The molecule has 0 bridgehead atoms. The Morgan fingerprint density at radius 3 is 2.50 bits per heavy atom. The van der Waals surface area contributed by atoms with Crippen LogP contribution in [0, 0.1) is 5.92 Å². The predicted molar refractivity (Wildman–Crippen MR) is 78.7 cm³/mol. The van der Waals surface area contributed by atoms with E-state index in [1.54, 1.807) is 6.07 Å². The zero-order valence-electron chi connectivity index (χ0n) is 12.6. The van der Waals surface area contributed by atoms with Crippen LogP contribution in [-0.2, 0) is 6.42 Å². The van der Waals surface area contributed by atoms with Gasteiger partial charge in [0.1, 0.15) is 0 Å². The van der Waals surface area contributed by atoms with Crippen molar-refractivity contribution >= 4 is 11.7 Å². The van der Waals surface area contributed by atoms with Crippen LogP contribution in [0.3, 0.4) is 0 Å². The maximum absolute atomic E-state index is 12.5. The summed E-state index contributed by atoms with van der Waals surface area (Å²) >= 11 is 0. The average molecular weight is 318 g/mol. The minimum atomic E-state index is -4.34. The number of hydrogen-bond acceptors (Lipinski definition) is 2. The van der Waals surface area contributed by atoms with Gasteiger partial charge in [-0.15, -0.1) is 0 Å². The summed E-state index contributed by atoms with van der Waals surface area (Å²) in [6, 6.07) is 5.20. The lowest BCUT2D eigenvalue weighted by atomic mass is 10.0. The second-order valence-electron chi connectivity index (χ2n) is 5.43. The lowest BCUT2D eigenvalue weighted by Gasteiger charge is -2.16. The van der Waals surface area contributed by atoms with E-state index in [-0.39, 0.29) is 23.7 Å². The molecule has 22 heavy (non-hydrogen) atoms. The molecule has 0 radical (unpaired) electrons. The molecule has 0 aliphatic carbocycles. The maximum atomic E-state index is 12.5. The fraction of sp³-hybridized carbons (Fsp3) is 0.533. The van der Waals surface area contributed by atoms with Crippen molar-refractivity contribution in [2.75, 3.05) is 11.9 Å². The molecule has 4 nitrogen and oxygen atoms in total. The minimum Gasteiger partial charge on any atom is -0.393 e. The lowest BCUT2D eigenvalue weighted by molar-refractivity contribution is -0.127. The smallest absolute Gasteiger partial charge is 0.393 e. The van der Waals surface area contributed by atoms with Crippen molar-refractivity contribution < 1.29 is 23.1 Å². The molecule has 1 atom stereocenters. The van der Waals surface area contributed by atoms with E-state index in [1.807, 2.05) is 13.8 Å². The summed E-state index contributed by atoms with van der Waals surface area (Å²) in [6.45, 7) is 3.96. The number of anilines is 1. The van der Waals surface area contributed by atoms with Crippen LogP contribution in [0.5, 0.6) is 0 Å². The summed E-state index contributed by atoms with van der Waals surface area (Å²) in [5.41, 5.74) is 0.133. The molecule has 0 heterocycles. The molecular weight excluding hydrogens is 297 g/mol. The van der Waals surface area contributed by atoms with Crippen LogP contribution in [0.2, 0.25) is 0 Å². The Labute approximate surface area is 127 Å². The number of alkyl halides is 3. The van der Waals surface area contributed by atoms with Gasteiger partial charge in [-0.3, -0.25) is 0 Å². The minimum absolute atomic E-state index is 0.00682. The van der Waals surface area contributed by atoms with E-state index in [0.29, 0.717) is 6.42 Å². The molecule has 0 fully saturated rings. The fourth-order valence-corrected chi connectivity index (χ4v) is 1.85. The summed E-state index contributed by atoms with van der Waals surface area (Å²) in [5, 5.41) is 14.5. The molecule has 1 unspecified atom stereocenters. The third-order valence-corrected chi connectivity index (χ3v) is 3.15. The molecule has 0 saturated carbocycles. The number of carbonyl (C=O) groups excluding carboxylic acids is 1. The number of carbonyl (C=O) groups is 1. The van der Waals surface area contributed by atoms with Gasteiger partial charge in [0.2, 0.25) is 0 Å². The summed E-state index contributed by atoms with van der Waals surface area (Å²) in [4.78, 5) is 11.7. The molecule has 124 valence electrons. The molecule has 3 N–H and O–H groups in total. The number of halogens is 3. The standard InChI is InChI=1S/C15H21F3N2O2/c1-10(2)13(21)7-8-19-14(22)20-12-6-4-3-5-11(12)9-15(16,17)18/h3-6,10,13,21H,7-9H2,1-2H3,(H2,19,20,22). The lowest BCUT2D eigenvalue weighted by Crippen LogP contribution is -2.32. The Bertz CT molecular complexity index is 490. The molecule has 0 aliphatic rings. The molecular formula is C15H21F3N2O2. The predicted octanol–water partition coefficient (Wildman–Crippen LogP) is 3.32. The van der Waals surface area contributed by atoms with Gasteiger partial charge in [0.15, 0.2) is 0 Å². The molecule has 2 amide bonds. The van der Waals surface area contributed by atoms with Gasteiger partial charge in [-0.25, -0.2) is 4.79 Å². The monoisotopic (exact) mass is 318 g/mol. The Kier molecular flexibility index (Phi) is 6.67. The van der Waals surface area contributed by atoms with Crippen LogP contribution in [0.1, 0.15) is 25.8 Å². The van der Waals surface area contributed by atoms with Crippen molar-refractivity contribution in [1.29, 1.82) is 0 Å². The number of hydrogen-bond donors (Lipinski definition) is 3. The van der Waals surface area contributed by atoms with Gasteiger partial charge in [0.25, 0.3) is 0 Å². The van der Waals surface area contributed by atoms with Gasteiger partial charge in [-0.1, -0.05) is 32.0 Å². The number of urea groups is 1. The molecule has 1 aromatic carbocycles. The first-order valence-electron chi connectivity index (χ1n) is 7.06. The van der Waals surface area contributed by atoms with Crippen LogP contribution in [0.4, 0.5) is 23.7 Å². The van der Waals surface area contributed by atoms with Gasteiger partial charge in [0.05, 0.1) is 12.5 Å². The van der Waals surface area contributed by atoms with E-state index < -0.39 is 24.7 Å². The van der Waals surface area contributed by atoms with Crippen molar-refractivity contribution in [2.45, 2.75) is 39.0 Å². The van der Waals surface area contributed by atoms with Crippen molar-refractivity contribution in [3.05, 3.63) is 29.8 Å².